The van der Waals surface area contributed by atoms with Crippen LogP contribution in [-0.2, 0) is 16.1 Å². The zero-order valence-corrected chi connectivity index (χ0v) is 17.4. The van der Waals surface area contributed by atoms with Crippen molar-refractivity contribution in [3.63, 3.8) is 0 Å². The summed E-state index contributed by atoms with van der Waals surface area (Å²) in [6.45, 7) is 2.10. The summed E-state index contributed by atoms with van der Waals surface area (Å²) in [5.41, 5.74) is 19.2. The molecule has 0 spiro atoms. The Kier molecular flexibility index (Phi) is 8.33. The highest BCUT2D eigenvalue weighted by Gasteiger charge is 2.17. The molecule has 0 unspecified atom stereocenters. The number of carbonyl (C=O) groups is 2. The van der Waals surface area contributed by atoms with E-state index in [1.807, 2.05) is 30.3 Å². The molecule has 0 aliphatic carbocycles. The number of benzene rings is 2. The van der Waals surface area contributed by atoms with Gasteiger partial charge in [-0.15, -0.1) is 0 Å². The van der Waals surface area contributed by atoms with E-state index in [9.17, 15) is 9.59 Å². The van der Waals surface area contributed by atoms with Gasteiger partial charge in [-0.05, 0) is 36.8 Å². The standard InChI is InChI=1S/C21H25N5O3S/c1-13(22)9-19(30)26-17-10-15(7-8-16(17)20(23)27)25-18(21(24)28)12-29-11-14-5-3-2-4-6-14/h2-10,18,25H,11-12,22H2,1H3,(H2,23,27)(H2,24,28)(H,26,30)/t18-/m1/s1. The van der Waals surface area contributed by atoms with Gasteiger partial charge in [-0.2, -0.15) is 0 Å². The Balaban J connectivity index is 2.12. The number of rotatable bonds is 10. The normalized spacial score (nSPS) is 12.1. The van der Waals surface area contributed by atoms with Gasteiger partial charge in [0.15, 0.2) is 0 Å². The van der Waals surface area contributed by atoms with Gasteiger partial charge in [0.05, 0.1) is 24.5 Å². The lowest BCUT2D eigenvalue weighted by molar-refractivity contribution is -0.120. The van der Waals surface area contributed by atoms with Crippen molar-refractivity contribution >= 4 is 40.4 Å². The van der Waals surface area contributed by atoms with E-state index in [2.05, 4.69) is 10.6 Å². The average Bonchev–Trinajstić information content (AvgIpc) is 2.67. The van der Waals surface area contributed by atoms with Crippen molar-refractivity contribution in [1.82, 2.24) is 0 Å². The minimum Gasteiger partial charge on any atom is -0.402 e. The summed E-state index contributed by atoms with van der Waals surface area (Å²) in [5.74, 6) is -1.20. The highest BCUT2D eigenvalue weighted by Crippen LogP contribution is 2.22. The highest BCUT2D eigenvalue weighted by atomic mass is 32.1. The Morgan fingerprint density at radius 1 is 1.13 bits per heavy atom. The van der Waals surface area contributed by atoms with Crippen LogP contribution in [0.2, 0.25) is 0 Å². The van der Waals surface area contributed by atoms with E-state index in [0.29, 0.717) is 28.7 Å². The lowest BCUT2D eigenvalue weighted by Crippen LogP contribution is -2.39. The second-order valence-corrected chi connectivity index (χ2v) is 7.04. The Labute approximate surface area is 180 Å². The van der Waals surface area contributed by atoms with Gasteiger partial charge < -0.3 is 32.6 Å². The topological polar surface area (TPSA) is 145 Å². The summed E-state index contributed by atoms with van der Waals surface area (Å²) >= 11 is 5.20. The van der Waals surface area contributed by atoms with Gasteiger partial charge >= 0.3 is 0 Å². The molecule has 0 aromatic heterocycles. The number of carbonyl (C=O) groups excluding carboxylic acids is 2. The van der Waals surface area contributed by atoms with Crippen molar-refractivity contribution in [2.75, 3.05) is 17.2 Å². The molecule has 30 heavy (non-hydrogen) atoms. The first-order valence-electron chi connectivity index (χ1n) is 9.12. The van der Waals surface area contributed by atoms with Crippen LogP contribution in [0.1, 0.15) is 22.8 Å². The first-order chi connectivity index (χ1) is 14.3. The third kappa shape index (κ3) is 7.19. The molecule has 0 aliphatic heterocycles. The molecular weight excluding hydrogens is 402 g/mol. The number of ether oxygens (including phenoxy) is 1. The van der Waals surface area contributed by atoms with Crippen LogP contribution in [0, 0.1) is 0 Å². The highest BCUT2D eigenvalue weighted by molar-refractivity contribution is 7.81. The first-order valence-corrected chi connectivity index (χ1v) is 9.53. The van der Waals surface area contributed by atoms with Gasteiger partial charge in [0.1, 0.15) is 11.0 Å². The zero-order chi connectivity index (χ0) is 22.1. The van der Waals surface area contributed by atoms with Crippen LogP contribution in [0.3, 0.4) is 0 Å². The number of amides is 2. The van der Waals surface area contributed by atoms with Gasteiger partial charge in [0.2, 0.25) is 5.91 Å². The Hall–Kier alpha value is -3.43. The van der Waals surface area contributed by atoms with E-state index in [1.54, 1.807) is 25.1 Å². The number of hydrogen-bond donors (Lipinski definition) is 5. The van der Waals surface area contributed by atoms with Gasteiger partial charge in [-0.1, -0.05) is 42.5 Å². The van der Waals surface area contributed by atoms with Gasteiger partial charge in [0.25, 0.3) is 5.91 Å². The molecule has 2 rings (SSSR count). The largest absolute Gasteiger partial charge is 0.402 e. The molecule has 8 nitrogen and oxygen atoms in total. The molecule has 2 aromatic carbocycles. The second-order valence-electron chi connectivity index (χ2n) is 6.60. The van der Waals surface area contributed by atoms with E-state index >= 15 is 0 Å². The molecule has 9 heteroatoms. The predicted molar refractivity (Wildman–Crippen MR) is 122 cm³/mol. The molecule has 0 aliphatic rings. The summed E-state index contributed by atoms with van der Waals surface area (Å²) in [5, 5.41) is 5.93. The zero-order valence-electron chi connectivity index (χ0n) is 16.6. The summed E-state index contributed by atoms with van der Waals surface area (Å²) < 4.78 is 5.62. The minimum absolute atomic E-state index is 0.0675. The molecule has 1 atom stereocenters. The molecular formula is C21H25N5O3S. The molecule has 8 N–H and O–H groups in total. The lowest BCUT2D eigenvalue weighted by Gasteiger charge is -2.19. The van der Waals surface area contributed by atoms with Crippen LogP contribution in [-0.4, -0.2) is 29.5 Å². The fraction of sp³-hybridized carbons (Fsp3) is 0.190. The van der Waals surface area contributed by atoms with Crippen molar-refractivity contribution in [3.8, 4) is 0 Å². The number of primary amides is 2. The van der Waals surface area contributed by atoms with Crippen molar-refractivity contribution < 1.29 is 14.3 Å². The fourth-order valence-corrected chi connectivity index (χ4v) is 2.89. The van der Waals surface area contributed by atoms with Gasteiger partial charge in [0, 0.05) is 11.4 Å². The SMILES string of the molecule is CC(N)=CC(=S)Nc1cc(N[C@H](COCc2ccccc2)C(N)=O)ccc1C(N)=O. The van der Waals surface area contributed by atoms with Gasteiger partial charge in [-0.25, -0.2) is 0 Å². The van der Waals surface area contributed by atoms with Crippen LogP contribution in [0.15, 0.2) is 60.3 Å². The summed E-state index contributed by atoms with van der Waals surface area (Å²) in [4.78, 5) is 23.9. The second kappa shape index (κ2) is 10.9. The average molecular weight is 428 g/mol. The van der Waals surface area contributed by atoms with Crippen molar-refractivity contribution in [3.05, 3.63) is 71.4 Å². The van der Waals surface area contributed by atoms with E-state index in [4.69, 9.17) is 34.2 Å². The van der Waals surface area contributed by atoms with Crippen molar-refractivity contribution in [1.29, 1.82) is 0 Å². The maximum absolute atomic E-state index is 11.9. The summed E-state index contributed by atoms with van der Waals surface area (Å²) in [7, 11) is 0. The smallest absolute Gasteiger partial charge is 0.250 e. The molecule has 0 fully saturated rings. The molecule has 0 saturated heterocycles. The monoisotopic (exact) mass is 427 g/mol. The van der Waals surface area contributed by atoms with Crippen molar-refractivity contribution in [2.24, 2.45) is 17.2 Å². The quantitative estimate of drug-likeness (QED) is 0.287. The van der Waals surface area contributed by atoms with Crippen LogP contribution >= 0.6 is 12.2 Å². The summed E-state index contributed by atoms with van der Waals surface area (Å²) in [6, 6.07) is 13.5. The fourth-order valence-electron chi connectivity index (χ4n) is 2.59. The number of allylic oxidation sites excluding steroid dienone is 1. The van der Waals surface area contributed by atoms with E-state index in [1.165, 1.54) is 6.07 Å². The van der Waals surface area contributed by atoms with E-state index < -0.39 is 17.9 Å². The molecule has 0 saturated carbocycles. The maximum Gasteiger partial charge on any atom is 0.250 e. The van der Waals surface area contributed by atoms with Crippen LogP contribution in [0.25, 0.3) is 0 Å². The lowest BCUT2D eigenvalue weighted by atomic mass is 10.1. The van der Waals surface area contributed by atoms with Crippen molar-refractivity contribution in [2.45, 2.75) is 19.6 Å². The number of anilines is 2. The first kappa shape index (κ1) is 22.9. The number of thiocarbonyl (C=S) groups is 1. The predicted octanol–water partition coefficient (Wildman–Crippen LogP) is 1.87. The molecule has 158 valence electrons. The number of nitrogens with two attached hydrogens (primary N) is 3. The molecule has 0 radical (unpaired) electrons. The molecule has 0 heterocycles. The number of nitrogens with one attached hydrogen (secondary N) is 2. The van der Waals surface area contributed by atoms with Crippen LogP contribution in [0.4, 0.5) is 11.4 Å². The Bertz CT molecular complexity index is 943. The Morgan fingerprint density at radius 3 is 2.43 bits per heavy atom. The summed E-state index contributed by atoms with van der Waals surface area (Å²) in [6.07, 6.45) is 1.55. The van der Waals surface area contributed by atoms with Crippen LogP contribution < -0.4 is 27.8 Å². The van der Waals surface area contributed by atoms with E-state index in [-0.39, 0.29) is 12.2 Å². The third-order valence-corrected chi connectivity index (χ3v) is 4.20. The van der Waals surface area contributed by atoms with Gasteiger partial charge in [-0.3, -0.25) is 9.59 Å². The maximum atomic E-state index is 11.9. The number of hydrogen-bond acceptors (Lipinski definition) is 6. The third-order valence-electron chi connectivity index (χ3n) is 3.98. The molecule has 0 bridgehead atoms. The van der Waals surface area contributed by atoms with E-state index in [0.717, 1.165) is 5.56 Å². The molecule has 2 aromatic rings. The van der Waals surface area contributed by atoms with Crippen LogP contribution in [0.5, 0.6) is 0 Å². The molecule has 2 amide bonds. The Morgan fingerprint density at radius 2 is 1.83 bits per heavy atom. The minimum atomic E-state index is -0.779.